The number of nitrogens with two attached hydrogens (primary N) is 1. The zero-order chi connectivity index (χ0) is 12.7. The number of hydrogen-bond acceptors (Lipinski definition) is 7. The Morgan fingerprint density at radius 2 is 2.29 bits per heavy atom. The van der Waals surface area contributed by atoms with Crippen LogP contribution in [0.15, 0.2) is 11.1 Å². The monoisotopic (exact) mass is 256 g/mol. The molecule has 0 atom stereocenters. The van der Waals surface area contributed by atoms with Gasteiger partial charge in [-0.2, -0.15) is 4.98 Å². The van der Waals surface area contributed by atoms with Crippen LogP contribution in [-0.4, -0.2) is 34.8 Å². The van der Waals surface area contributed by atoms with Crippen LogP contribution in [0.5, 0.6) is 0 Å². The molecule has 0 saturated heterocycles. The quantitative estimate of drug-likeness (QED) is 0.448. The van der Waals surface area contributed by atoms with Gasteiger partial charge < -0.3 is 15.8 Å². The zero-order valence-corrected chi connectivity index (χ0v) is 10.7. The maximum Gasteiger partial charge on any atom is 0.316 e. The van der Waals surface area contributed by atoms with Crippen molar-refractivity contribution >= 4 is 29.5 Å². The second-order valence-electron chi connectivity index (χ2n) is 3.07. The van der Waals surface area contributed by atoms with Crippen LogP contribution in [0, 0.1) is 0 Å². The topological polar surface area (TPSA) is 90.1 Å². The second-order valence-corrected chi connectivity index (χ2v) is 4.07. The SMILES string of the molecule is CCNc1cc(SCC(=O)OCC)nc(N)n1. The highest BCUT2D eigenvalue weighted by atomic mass is 32.2. The van der Waals surface area contributed by atoms with E-state index >= 15 is 0 Å². The highest BCUT2D eigenvalue weighted by Crippen LogP contribution is 2.19. The third-order valence-corrected chi connectivity index (χ3v) is 2.61. The van der Waals surface area contributed by atoms with Crippen LogP contribution >= 0.6 is 11.8 Å². The Labute approximate surface area is 104 Å². The van der Waals surface area contributed by atoms with Gasteiger partial charge in [0, 0.05) is 12.6 Å². The van der Waals surface area contributed by atoms with Crippen molar-refractivity contribution in [2.45, 2.75) is 18.9 Å². The highest BCUT2D eigenvalue weighted by Gasteiger charge is 2.06. The molecule has 1 aromatic rings. The van der Waals surface area contributed by atoms with Gasteiger partial charge in [0.2, 0.25) is 5.95 Å². The van der Waals surface area contributed by atoms with Gasteiger partial charge in [-0.15, -0.1) is 0 Å². The summed E-state index contributed by atoms with van der Waals surface area (Å²) < 4.78 is 4.82. The predicted molar refractivity (Wildman–Crippen MR) is 68.0 cm³/mol. The van der Waals surface area contributed by atoms with Crippen molar-refractivity contribution in [3.8, 4) is 0 Å². The van der Waals surface area contributed by atoms with E-state index in [1.165, 1.54) is 11.8 Å². The molecule has 0 spiro atoms. The normalized spacial score (nSPS) is 10.0. The summed E-state index contributed by atoms with van der Waals surface area (Å²) in [5.41, 5.74) is 5.56. The van der Waals surface area contributed by atoms with Crippen LogP contribution in [0.4, 0.5) is 11.8 Å². The first kappa shape index (κ1) is 13.6. The molecule has 0 aliphatic carbocycles. The standard InChI is InChI=1S/C10H16N4O2S/c1-3-12-7-5-8(14-10(11)13-7)17-6-9(15)16-4-2/h5H,3-4,6H2,1-2H3,(H3,11,12,13,14). The summed E-state index contributed by atoms with van der Waals surface area (Å²) in [6.07, 6.45) is 0. The fourth-order valence-electron chi connectivity index (χ4n) is 1.12. The first-order valence-corrected chi connectivity index (χ1v) is 6.31. The average molecular weight is 256 g/mol. The molecule has 7 heteroatoms. The maximum atomic E-state index is 11.2. The second kappa shape index (κ2) is 6.95. The van der Waals surface area contributed by atoms with Crippen molar-refractivity contribution in [2.24, 2.45) is 0 Å². The van der Waals surface area contributed by atoms with Crippen LogP contribution in [0.25, 0.3) is 0 Å². The van der Waals surface area contributed by atoms with Crippen LogP contribution in [0.2, 0.25) is 0 Å². The van der Waals surface area contributed by atoms with Gasteiger partial charge in [0.1, 0.15) is 10.8 Å². The molecular formula is C10H16N4O2S. The smallest absolute Gasteiger partial charge is 0.316 e. The number of thioether (sulfide) groups is 1. The number of nitrogens with zero attached hydrogens (tertiary/aromatic N) is 2. The van der Waals surface area contributed by atoms with Crippen molar-refractivity contribution < 1.29 is 9.53 Å². The molecule has 1 heterocycles. The van der Waals surface area contributed by atoms with E-state index in [0.29, 0.717) is 17.5 Å². The number of carbonyl (C=O) groups is 1. The van der Waals surface area contributed by atoms with Crippen LogP contribution < -0.4 is 11.1 Å². The molecule has 0 aromatic carbocycles. The summed E-state index contributed by atoms with van der Waals surface area (Å²) in [6, 6.07) is 1.75. The number of ether oxygens (including phenoxy) is 1. The number of esters is 1. The summed E-state index contributed by atoms with van der Waals surface area (Å²) in [7, 11) is 0. The highest BCUT2D eigenvalue weighted by molar-refractivity contribution is 7.99. The third kappa shape index (κ3) is 4.90. The van der Waals surface area contributed by atoms with Gasteiger partial charge >= 0.3 is 5.97 Å². The van der Waals surface area contributed by atoms with E-state index in [2.05, 4.69) is 15.3 Å². The van der Waals surface area contributed by atoms with Crippen molar-refractivity contribution in [3.05, 3.63) is 6.07 Å². The van der Waals surface area contributed by atoms with Crippen molar-refractivity contribution in [2.75, 3.05) is 30.0 Å². The van der Waals surface area contributed by atoms with Crippen LogP contribution in [0.1, 0.15) is 13.8 Å². The fraction of sp³-hybridized carbons (Fsp3) is 0.500. The number of nitrogen functional groups attached to an aromatic ring is 1. The number of anilines is 2. The minimum Gasteiger partial charge on any atom is -0.465 e. The Morgan fingerprint density at radius 3 is 2.94 bits per heavy atom. The molecule has 0 bridgehead atoms. The molecule has 3 N–H and O–H groups in total. The fourth-order valence-corrected chi connectivity index (χ4v) is 1.83. The Hall–Kier alpha value is -1.50. The average Bonchev–Trinajstić information content (AvgIpc) is 2.26. The van der Waals surface area contributed by atoms with Gasteiger partial charge in [0.25, 0.3) is 0 Å². The third-order valence-electron chi connectivity index (χ3n) is 1.72. The van der Waals surface area contributed by atoms with E-state index in [1.807, 2.05) is 6.92 Å². The molecule has 0 aliphatic rings. The Morgan fingerprint density at radius 1 is 1.53 bits per heavy atom. The minimum absolute atomic E-state index is 0.190. The van der Waals surface area contributed by atoms with E-state index in [4.69, 9.17) is 10.5 Å². The molecule has 0 amide bonds. The van der Waals surface area contributed by atoms with E-state index in [1.54, 1.807) is 13.0 Å². The lowest BCUT2D eigenvalue weighted by molar-refractivity contribution is -0.139. The molecule has 94 valence electrons. The van der Waals surface area contributed by atoms with Gasteiger partial charge in [-0.3, -0.25) is 4.79 Å². The van der Waals surface area contributed by atoms with Crippen LogP contribution in [0.3, 0.4) is 0 Å². The molecule has 0 radical (unpaired) electrons. The van der Waals surface area contributed by atoms with E-state index in [-0.39, 0.29) is 17.7 Å². The molecule has 6 nitrogen and oxygen atoms in total. The Kier molecular flexibility index (Phi) is 5.55. The number of aromatic nitrogens is 2. The minimum atomic E-state index is -0.264. The predicted octanol–water partition coefficient (Wildman–Crippen LogP) is 1.15. The Balaban J connectivity index is 2.61. The lowest BCUT2D eigenvalue weighted by Gasteiger charge is -2.06. The lowest BCUT2D eigenvalue weighted by Crippen LogP contribution is -2.08. The summed E-state index contributed by atoms with van der Waals surface area (Å²) >= 11 is 1.28. The maximum absolute atomic E-state index is 11.2. The van der Waals surface area contributed by atoms with Gasteiger partial charge in [-0.05, 0) is 13.8 Å². The molecule has 1 aromatic heterocycles. The van der Waals surface area contributed by atoms with Crippen molar-refractivity contribution in [1.82, 2.24) is 9.97 Å². The van der Waals surface area contributed by atoms with Crippen molar-refractivity contribution in [1.29, 1.82) is 0 Å². The molecule has 0 unspecified atom stereocenters. The molecular weight excluding hydrogens is 240 g/mol. The van der Waals surface area contributed by atoms with Gasteiger partial charge in [-0.25, -0.2) is 4.98 Å². The summed E-state index contributed by atoms with van der Waals surface area (Å²) in [4.78, 5) is 19.2. The molecule has 0 fully saturated rings. The lowest BCUT2D eigenvalue weighted by atomic mass is 10.5. The summed E-state index contributed by atoms with van der Waals surface area (Å²) in [6.45, 7) is 4.87. The van der Waals surface area contributed by atoms with E-state index in [0.717, 1.165) is 6.54 Å². The Bertz CT molecular complexity index is 387. The van der Waals surface area contributed by atoms with Crippen molar-refractivity contribution in [3.63, 3.8) is 0 Å². The van der Waals surface area contributed by atoms with Crippen LogP contribution in [-0.2, 0) is 9.53 Å². The largest absolute Gasteiger partial charge is 0.465 e. The van der Waals surface area contributed by atoms with E-state index in [9.17, 15) is 4.79 Å². The molecule has 1 rings (SSSR count). The van der Waals surface area contributed by atoms with Gasteiger partial charge in [0.05, 0.1) is 12.4 Å². The van der Waals surface area contributed by atoms with Gasteiger partial charge in [-0.1, -0.05) is 11.8 Å². The first-order valence-electron chi connectivity index (χ1n) is 5.32. The molecule has 0 aliphatic heterocycles. The summed E-state index contributed by atoms with van der Waals surface area (Å²) in [5.74, 6) is 0.802. The molecule has 17 heavy (non-hydrogen) atoms. The number of rotatable bonds is 6. The zero-order valence-electron chi connectivity index (χ0n) is 9.90. The first-order chi connectivity index (χ1) is 8.15. The number of carbonyl (C=O) groups excluding carboxylic acids is 1. The molecule has 0 saturated carbocycles. The van der Waals surface area contributed by atoms with Gasteiger partial charge in [0.15, 0.2) is 0 Å². The number of nitrogens with one attached hydrogen (secondary N) is 1. The number of hydrogen-bond donors (Lipinski definition) is 2. The summed E-state index contributed by atoms with van der Waals surface area (Å²) in [5, 5.41) is 3.70. The van der Waals surface area contributed by atoms with E-state index < -0.39 is 0 Å².